The highest BCUT2D eigenvalue weighted by molar-refractivity contribution is 5.72. The second-order valence-electron chi connectivity index (χ2n) is 9.30. The van der Waals surface area contributed by atoms with Crippen LogP contribution in [0.15, 0.2) is 0 Å². The van der Waals surface area contributed by atoms with Crippen LogP contribution in [0.2, 0.25) is 0 Å². The van der Waals surface area contributed by atoms with Crippen molar-refractivity contribution in [1.82, 2.24) is 0 Å². The number of hydrogen-bond donors (Lipinski definition) is 0. The van der Waals surface area contributed by atoms with E-state index in [1.165, 1.54) is 32.1 Å². The van der Waals surface area contributed by atoms with Crippen LogP contribution in [-0.4, -0.2) is 12.1 Å². The Morgan fingerprint density at radius 2 is 1.46 bits per heavy atom. The molecule has 0 N–H and O–H groups in total. The Hall–Kier alpha value is -0.530. The summed E-state index contributed by atoms with van der Waals surface area (Å²) in [6, 6.07) is 0. The van der Waals surface area contributed by atoms with Gasteiger partial charge in [0, 0.05) is 0 Å². The van der Waals surface area contributed by atoms with Gasteiger partial charge in [-0.2, -0.15) is 0 Å². The zero-order valence-electron chi connectivity index (χ0n) is 19.1. The lowest BCUT2D eigenvalue weighted by atomic mass is 9.83. The van der Waals surface area contributed by atoms with Gasteiger partial charge in [-0.25, -0.2) is 0 Å². The van der Waals surface area contributed by atoms with Crippen LogP contribution < -0.4 is 0 Å². The summed E-state index contributed by atoms with van der Waals surface area (Å²) in [7, 11) is 0. The molecular weight excluding hydrogens is 320 g/mol. The van der Waals surface area contributed by atoms with Crippen molar-refractivity contribution in [3.8, 4) is 0 Å². The molecule has 26 heavy (non-hydrogen) atoms. The van der Waals surface area contributed by atoms with E-state index in [1.807, 2.05) is 0 Å². The molecule has 0 aliphatic carbocycles. The summed E-state index contributed by atoms with van der Waals surface area (Å²) in [5.41, 5.74) is 0. The molecular formula is C24H48O2. The summed E-state index contributed by atoms with van der Waals surface area (Å²) < 4.78 is 5.93. The minimum absolute atomic E-state index is 0.0287. The van der Waals surface area contributed by atoms with Gasteiger partial charge in [-0.15, -0.1) is 0 Å². The number of carbonyl (C=O) groups excluding carboxylic acids is 1. The summed E-state index contributed by atoms with van der Waals surface area (Å²) in [4.78, 5) is 12.5. The number of esters is 1. The minimum atomic E-state index is 0.0287. The van der Waals surface area contributed by atoms with Crippen molar-refractivity contribution >= 4 is 5.97 Å². The summed E-state index contributed by atoms with van der Waals surface area (Å²) in [5.74, 6) is 2.71. The Kier molecular flexibility index (Phi) is 14.2. The Bertz CT molecular complexity index is 348. The molecule has 0 spiro atoms. The number of rotatable bonds is 15. The molecule has 0 saturated carbocycles. The average Bonchev–Trinajstić information content (AvgIpc) is 2.54. The van der Waals surface area contributed by atoms with E-state index in [0.717, 1.165) is 37.5 Å². The van der Waals surface area contributed by atoms with Crippen LogP contribution in [0.4, 0.5) is 0 Å². The predicted octanol–water partition coefficient (Wildman–Crippen LogP) is 7.65. The molecule has 0 aliphatic heterocycles. The van der Waals surface area contributed by atoms with Crippen LogP contribution >= 0.6 is 0 Å². The molecule has 156 valence electrons. The van der Waals surface area contributed by atoms with E-state index < -0.39 is 0 Å². The molecule has 2 nitrogen and oxygen atoms in total. The predicted molar refractivity (Wildman–Crippen MR) is 114 cm³/mol. The van der Waals surface area contributed by atoms with Crippen LogP contribution in [0.3, 0.4) is 0 Å². The molecule has 0 rings (SSSR count). The SMILES string of the molecule is CCCCC(CC)C(=O)OC(C)C(CCC(C)CCCC(C)C)C(C)C. The van der Waals surface area contributed by atoms with Crippen LogP contribution in [0.5, 0.6) is 0 Å². The van der Waals surface area contributed by atoms with Crippen molar-refractivity contribution in [3.63, 3.8) is 0 Å². The molecule has 0 heterocycles. The maximum absolute atomic E-state index is 12.5. The van der Waals surface area contributed by atoms with E-state index in [4.69, 9.17) is 4.74 Å². The maximum Gasteiger partial charge on any atom is 0.309 e. The summed E-state index contributed by atoms with van der Waals surface area (Å²) in [6.45, 7) is 17.9. The van der Waals surface area contributed by atoms with Crippen molar-refractivity contribution in [2.24, 2.45) is 29.6 Å². The van der Waals surface area contributed by atoms with Crippen LogP contribution in [0.25, 0.3) is 0 Å². The summed E-state index contributed by atoms with van der Waals surface area (Å²) in [6.07, 6.45) is 10.6. The minimum Gasteiger partial charge on any atom is -0.462 e. The molecule has 0 aromatic carbocycles. The number of hydrogen-bond acceptors (Lipinski definition) is 2. The van der Waals surface area contributed by atoms with Crippen molar-refractivity contribution < 1.29 is 9.53 Å². The van der Waals surface area contributed by atoms with E-state index in [9.17, 15) is 4.79 Å². The Balaban J connectivity index is 4.47. The normalized spacial score (nSPS) is 16.5. The van der Waals surface area contributed by atoms with Crippen LogP contribution in [0, 0.1) is 29.6 Å². The smallest absolute Gasteiger partial charge is 0.309 e. The number of carbonyl (C=O) groups is 1. The Morgan fingerprint density at radius 1 is 0.808 bits per heavy atom. The molecule has 2 heteroatoms. The summed E-state index contributed by atoms with van der Waals surface area (Å²) >= 11 is 0. The summed E-state index contributed by atoms with van der Waals surface area (Å²) in [5, 5.41) is 0. The van der Waals surface area contributed by atoms with Gasteiger partial charge in [0.05, 0.1) is 5.92 Å². The monoisotopic (exact) mass is 368 g/mol. The first kappa shape index (κ1) is 25.5. The lowest BCUT2D eigenvalue weighted by Crippen LogP contribution is -2.31. The van der Waals surface area contributed by atoms with Crippen LogP contribution in [-0.2, 0) is 9.53 Å². The molecule has 0 amide bonds. The van der Waals surface area contributed by atoms with Gasteiger partial charge in [0.25, 0.3) is 0 Å². The van der Waals surface area contributed by atoms with E-state index in [2.05, 4.69) is 55.4 Å². The third kappa shape index (κ3) is 11.2. The maximum atomic E-state index is 12.5. The highest BCUT2D eigenvalue weighted by atomic mass is 16.5. The van der Waals surface area contributed by atoms with Crippen molar-refractivity contribution in [2.45, 2.75) is 119 Å². The second-order valence-corrected chi connectivity index (χ2v) is 9.30. The molecule has 0 fully saturated rings. The van der Waals surface area contributed by atoms with Crippen molar-refractivity contribution in [2.75, 3.05) is 0 Å². The van der Waals surface area contributed by atoms with Crippen LogP contribution in [0.1, 0.15) is 113 Å². The number of unbranched alkanes of at least 4 members (excludes halogenated alkanes) is 1. The van der Waals surface area contributed by atoms with E-state index in [1.54, 1.807) is 0 Å². The first-order valence-corrected chi connectivity index (χ1v) is 11.4. The quantitative estimate of drug-likeness (QED) is 0.277. The van der Waals surface area contributed by atoms with Gasteiger partial charge in [-0.3, -0.25) is 4.79 Å². The fourth-order valence-corrected chi connectivity index (χ4v) is 3.91. The molecule has 0 aromatic rings. The average molecular weight is 369 g/mol. The van der Waals surface area contributed by atoms with Gasteiger partial charge in [-0.1, -0.05) is 87.0 Å². The van der Waals surface area contributed by atoms with Gasteiger partial charge < -0.3 is 4.74 Å². The highest BCUT2D eigenvalue weighted by Crippen LogP contribution is 2.28. The topological polar surface area (TPSA) is 26.3 Å². The van der Waals surface area contributed by atoms with Crippen molar-refractivity contribution in [1.29, 1.82) is 0 Å². The molecule has 0 aromatic heterocycles. The third-order valence-electron chi connectivity index (χ3n) is 5.96. The van der Waals surface area contributed by atoms with E-state index in [-0.39, 0.29) is 18.0 Å². The van der Waals surface area contributed by atoms with Gasteiger partial charge >= 0.3 is 5.97 Å². The lowest BCUT2D eigenvalue weighted by molar-refractivity contribution is -0.157. The molecule has 4 unspecified atom stereocenters. The van der Waals surface area contributed by atoms with Gasteiger partial charge in [-0.05, 0) is 49.9 Å². The molecule has 0 aliphatic rings. The Labute approximate surface area is 164 Å². The van der Waals surface area contributed by atoms with E-state index in [0.29, 0.717) is 11.8 Å². The second kappa shape index (κ2) is 14.5. The van der Waals surface area contributed by atoms with Crippen molar-refractivity contribution in [3.05, 3.63) is 0 Å². The zero-order chi connectivity index (χ0) is 20.1. The largest absolute Gasteiger partial charge is 0.462 e. The zero-order valence-corrected chi connectivity index (χ0v) is 19.1. The highest BCUT2D eigenvalue weighted by Gasteiger charge is 2.27. The van der Waals surface area contributed by atoms with Gasteiger partial charge in [0.15, 0.2) is 0 Å². The molecule has 0 saturated heterocycles. The van der Waals surface area contributed by atoms with Gasteiger partial charge in [0.2, 0.25) is 0 Å². The number of ether oxygens (including phenoxy) is 1. The first-order valence-electron chi connectivity index (χ1n) is 11.4. The fraction of sp³-hybridized carbons (Fsp3) is 0.958. The Morgan fingerprint density at radius 3 is 1.96 bits per heavy atom. The third-order valence-corrected chi connectivity index (χ3v) is 5.96. The fourth-order valence-electron chi connectivity index (χ4n) is 3.91. The van der Waals surface area contributed by atoms with Gasteiger partial charge in [0.1, 0.15) is 6.10 Å². The molecule has 0 radical (unpaired) electrons. The molecule has 4 atom stereocenters. The standard InChI is InChI=1S/C24H48O2/c1-9-11-15-22(10-2)24(25)26-21(8)23(19(5)6)17-16-20(7)14-12-13-18(3)4/h18-23H,9-17H2,1-8H3. The molecule has 0 bridgehead atoms. The lowest BCUT2D eigenvalue weighted by Gasteiger charge is -2.29. The first-order chi connectivity index (χ1) is 12.2. The van der Waals surface area contributed by atoms with E-state index >= 15 is 0 Å².